The molecule has 3 N–H and O–H groups in total. The van der Waals surface area contributed by atoms with E-state index in [4.69, 9.17) is 0 Å². The highest BCUT2D eigenvalue weighted by Gasteiger charge is 2.26. The van der Waals surface area contributed by atoms with Crippen molar-refractivity contribution in [3.63, 3.8) is 0 Å². The molecule has 2 aromatic rings. The zero-order valence-corrected chi connectivity index (χ0v) is 11.1. The first-order chi connectivity index (χ1) is 10.1. The molecule has 0 aliphatic heterocycles. The van der Waals surface area contributed by atoms with Crippen molar-refractivity contribution in [2.75, 3.05) is 0 Å². The van der Waals surface area contributed by atoms with Gasteiger partial charge < -0.3 is 15.3 Å². The van der Waals surface area contributed by atoms with Crippen molar-refractivity contribution in [2.24, 2.45) is 4.99 Å². The number of carboxylic acids is 1. The Bertz CT molecular complexity index is 640. The molecule has 0 heterocycles. The van der Waals surface area contributed by atoms with Crippen molar-refractivity contribution in [1.82, 2.24) is 0 Å². The summed E-state index contributed by atoms with van der Waals surface area (Å²) >= 11 is 0. The lowest BCUT2D eigenvalue weighted by Crippen LogP contribution is -2.26. The number of para-hydroxylation sites is 1. The van der Waals surface area contributed by atoms with E-state index < -0.39 is 18.1 Å². The van der Waals surface area contributed by atoms with Gasteiger partial charge in [0, 0.05) is 11.8 Å². The van der Waals surface area contributed by atoms with Crippen LogP contribution in [0.25, 0.3) is 0 Å². The average Bonchev–Trinajstić information content (AvgIpc) is 2.49. The first-order valence-electron chi connectivity index (χ1n) is 6.36. The van der Waals surface area contributed by atoms with E-state index in [-0.39, 0.29) is 5.75 Å². The summed E-state index contributed by atoms with van der Waals surface area (Å²) in [4.78, 5) is 15.2. The number of nitrogens with zero attached hydrogens (tertiary/aromatic N) is 1. The molecule has 2 aromatic carbocycles. The van der Waals surface area contributed by atoms with E-state index in [9.17, 15) is 20.1 Å². The van der Waals surface area contributed by atoms with Gasteiger partial charge in [0.25, 0.3) is 0 Å². The molecule has 2 unspecified atom stereocenters. The number of aliphatic carboxylic acids is 1. The molecule has 21 heavy (non-hydrogen) atoms. The molecule has 0 bridgehead atoms. The second-order valence-corrected chi connectivity index (χ2v) is 4.48. The maximum absolute atomic E-state index is 11.3. The molecule has 0 aliphatic carbocycles. The normalized spacial score (nSPS) is 14.0. The minimum Gasteiger partial charge on any atom is -0.507 e. The standard InChI is InChI=1S/C16H15NO4/c18-13-9-5-4-8-12(13)10-17-14(16(20)21)15(19)11-6-2-1-3-7-11/h1-10,14-15,18-19H,(H,20,21)/b17-10+. The third-order valence-electron chi connectivity index (χ3n) is 3.00. The van der Waals surface area contributed by atoms with Crippen LogP contribution in [0.3, 0.4) is 0 Å². The predicted molar refractivity (Wildman–Crippen MR) is 78.5 cm³/mol. The molecule has 2 atom stereocenters. The Morgan fingerprint density at radius 2 is 1.67 bits per heavy atom. The molecule has 5 heteroatoms. The maximum atomic E-state index is 11.3. The van der Waals surface area contributed by atoms with Gasteiger partial charge in [-0.25, -0.2) is 4.79 Å². The maximum Gasteiger partial charge on any atom is 0.331 e. The van der Waals surface area contributed by atoms with Gasteiger partial charge in [0.1, 0.15) is 11.9 Å². The second kappa shape index (κ2) is 6.67. The number of phenols is 1. The van der Waals surface area contributed by atoms with E-state index in [1.807, 2.05) is 0 Å². The van der Waals surface area contributed by atoms with Crippen LogP contribution in [-0.4, -0.2) is 33.5 Å². The van der Waals surface area contributed by atoms with E-state index >= 15 is 0 Å². The molecule has 2 rings (SSSR count). The van der Waals surface area contributed by atoms with E-state index in [0.717, 1.165) is 0 Å². The number of aliphatic hydroxyl groups is 1. The number of hydrogen-bond donors (Lipinski definition) is 3. The largest absolute Gasteiger partial charge is 0.507 e. The van der Waals surface area contributed by atoms with Crippen LogP contribution in [0.4, 0.5) is 0 Å². The Hall–Kier alpha value is -2.66. The van der Waals surface area contributed by atoms with Gasteiger partial charge in [-0.2, -0.15) is 0 Å². The molecule has 0 spiro atoms. The molecule has 0 aromatic heterocycles. The van der Waals surface area contributed by atoms with Crippen LogP contribution in [0.5, 0.6) is 5.75 Å². The second-order valence-electron chi connectivity index (χ2n) is 4.48. The lowest BCUT2D eigenvalue weighted by molar-refractivity contribution is -0.141. The summed E-state index contributed by atoms with van der Waals surface area (Å²) in [6.45, 7) is 0. The van der Waals surface area contributed by atoms with Crippen LogP contribution in [0.1, 0.15) is 17.2 Å². The topological polar surface area (TPSA) is 90.1 Å². The predicted octanol–water partition coefficient (Wildman–Crippen LogP) is 2.00. The highest BCUT2D eigenvalue weighted by atomic mass is 16.4. The quantitative estimate of drug-likeness (QED) is 0.733. The van der Waals surface area contributed by atoms with Crippen molar-refractivity contribution < 1.29 is 20.1 Å². The fourth-order valence-electron chi connectivity index (χ4n) is 1.87. The number of aliphatic hydroxyl groups excluding tert-OH is 1. The van der Waals surface area contributed by atoms with Crippen LogP contribution in [0.15, 0.2) is 59.6 Å². The summed E-state index contributed by atoms with van der Waals surface area (Å²) in [5.74, 6) is -1.24. The molecule has 5 nitrogen and oxygen atoms in total. The van der Waals surface area contributed by atoms with Gasteiger partial charge in [0.05, 0.1) is 0 Å². The third-order valence-corrected chi connectivity index (χ3v) is 3.00. The molecule has 0 fully saturated rings. The highest BCUT2D eigenvalue weighted by Crippen LogP contribution is 2.20. The summed E-state index contributed by atoms with van der Waals surface area (Å²) in [7, 11) is 0. The lowest BCUT2D eigenvalue weighted by Gasteiger charge is -2.15. The van der Waals surface area contributed by atoms with Gasteiger partial charge in [-0.1, -0.05) is 42.5 Å². The Kier molecular flexibility index (Phi) is 4.68. The van der Waals surface area contributed by atoms with Gasteiger partial charge in [0.15, 0.2) is 6.04 Å². The molecule has 0 radical (unpaired) electrons. The van der Waals surface area contributed by atoms with E-state index in [1.54, 1.807) is 48.5 Å². The lowest BCUT2D eigenvalue weighted by atomic mass is 10.0. The van der Waals surface area contributed by atoms with E-state index in [2.05, 4.69) is 4.99 Å². The fraction of sp³-hybridized carbons (Fsp3) is 0.125. The van der Waals surface area contributed by atoms with Crippen LogP contribution in [0.2, 0.25) is 0 Å². The average molecular weight is 285 g/mol. The minimum atomic E-state index is -1.34. The van der Waals surface area contributed by atoms with Crippen LogP contribution in [-0.2, 0) is 4.79 Å². The van der Waals surface area contributed by atoms with Gasteiger partial charge in [-0.3, -0.25) is 4.99 Å². The fourth-order valence-corrected chi connectivity index (χ4v) is 1.87. The SMILES string of the molecule is O=C(O)C(/N=C/c1ccccc1O)C(O)c1ccccc1. The Morgan fingerprint density at radius 1 is 1.05 bits per heavy atom. The van der Waals surface area contributed by atoms with Gasteiger partial charge in [-0.05, 0) is 17.7 Å². The number of rotatable bonds is 5. The molecule has 0 saturated carbocycles. The van der Waals surface area contributed by atoms with Crippen molar-refractivity contribution in [3.05, 3.63) is 65.7 Å². The Balaban J connectivity index is 2.24. The third kappa shape index (κ3) is 3.67. The smallest absolute Gasteiger partial charge is 0.331 e. The number of benzene rings is 2. The minimum absolute atomic E-state index is 0.000380. The molecular formula is C16H15NO4. The molecule has 108 valence electrons. The number of phenolic OH excluding ortho intramolecular Hbond substituents is 1. The van der Waals surface area contributed by atoms with Gasteiger partial charge >= 0.3 is 5.97 Å². The van der Waals surface area contributed by atoms with Crippen molar-refractivity contribution in [2.45, 2.75) is 12.1 Å². The number of carboxylic acid groups (broad SMARTS) is 1. The van der Waals surface area contributed by atoms with Crippen LogP contribution < -0.4 is 0 Å². The molecule has 0 saturated heterocycles. The van der Waals surface area contributed by atoms with Crippen molar-refractivity contribution in [3.8, 4) is 5.75 Å². The number of hydrogen-bond acceptors (Lipinski definition) is 4. The summed E-state index contributed by atoms with van der Waals surface area (Å²) in [5.41, 5.74) is 0.864. The highest BCUT2D eigenvalue weighted by molar-refractivity contribution is 5.86. The molecular weight excluding hydrogens is 270 g/mol. The van der Waals surface area contributed by atoms with Crippen LogP contribution in [0, 0.1) is 0 Å². The monoisotopic (exact) mass is 285 g/mol. The van der Waals surface area contributed by atoms with Gasteiger partial charge in [0.2, 0.25) is 0 Å². The summed E-state index contributed by atoms with van der Waals surface area (Å²) in [6.07, 6.45) is -0.00824. The summed E-state index contributed by atoms with van der Waals surface area (Å²) < 4.78 is 0. The zero-order chi connectivity index (χ0) is 15.2. The Morgan fingerprint density at radius 3 is 2.29 bits per heavy atom. The van der Waals surface area contributed by atoms with E-state index in [0.29, 0.717) is 11.1 Å². The van der Waals surface area contributed by atoms with Crippen molar-refractivity contribution >= 4 is 12.2 Å². The van der Waals surface area contributed by atoms with Gasteiger partial charge in [-0.15, -0.1) is 0 Å². The molecule has 0 amide bonds. The zero-order valence-electron chi connectivity index (χ0n) is 11.1. The number of carbonyl (C=O) groups is 1. The van der Waals surface area contributed by atoms with Crippen LogP contribution >= 0.6 is 0 Å². The first kappa shape index (κ1) is 14.7. The number of aliphatic imine (C=N–C) groups is 1. The van der Waals surface area contributed by atoms with E-state index in [1.165, 1.54) is 12.3 Å². The summed E-state index contributed by atoms with van der Waals surface area (Å²) in [5, 5.41) is 29.0. The Labute approximate surface area is 121 Å². The number of aromatic hydroxyl groups is 1. The van der Waals surface area contributed by atoms with Crippen molar-refractivity contribution in [1.29, 1.82) is 0 Å². The first-order valence-corrected chi connectivity index (χ1v) is 6.36. The summed E-state index contributed by atoms with van der Waals surface area (Å²) in [6, 6.07) is 13.6. The molecule has 0 aliphatic rings.